The van der Waals surface area contributed by atoms with Gasteiger partial charge in [-0.3, -0.25) is 10.2 Å². The fourth-order valence-corrected chi connectivity index (χ4v) is 3.78. The Morgan fingerprint density at radius 2 is 2.00 bits per heavy atom. The van der Waals surface area contributed by atoms with Crippen LogP contribution in [-0.4, -0.2) is 48.3 Å². The molecule has 33 heavy (non-hydrogen) atoms. The fraction of sp³-hybridized carbons (Fsp3) is 0.360. The molecule has 2 aromatic rings. The molecule has 0 saturated carbocycles. The quantitative estimate of drug-likeness (QED) is 0.228. The van der Waals surface area contributed by atoms with Crippen LogP contribution in [-0.2, 0) is 16.0 Å². The van der Waals surface area contributed by atoms with Crippen LogP contribution < -0.4 is 15.6 Å². The maximum atomic E-state index is 13.1. The summed E-state index contributed by atoms with van der Waals surface area (Å²) < 4.78 is 12.6. The second-order valence-electron chi connectivity index (χ2n) is 7.80. The molecule has 8 heteroatoms. The van der Waals surface area contributed by atoms with Gasteiger partial charge in [-0.2, -0.15) is 0 Å². The number of hydrazine groups is 1. The lowest BCUT2D eigenvalue weighted by molar-refractivity contribution is -0.129. The van der Waals surface area contributed by atoms with E-state index in [2.05, 4.69) is 33.4 Å². The summed E-state index contributed by atoms with van der Waals surface area (Å²) in [5, 5.41) is 8.87. The van der Waals surface area contributed by atoms with Gasteiger partial charge < -0.3 is 14.6 Å². The Morgan fingerprint density at radius 1 is 1.27 bits per heavy atom. The number of amides is 1. The SMILES string of the molecule is C=CC[C@]1(C(=O)NNCCc2ccc(Br)cc2)N=C(c2ccc(OCCCO)cc2)O[C@H]1C. The van der Waals surface area contributed by atoms with Crippen LogP contribution in [0, 0.1) is 0 Å². The Morgan fingerprint density at radius 3 is 2.67 bits per heavy atom. The van der Waals surface area contributed by atoms with Gasteiger partial charge in [0.05, 0.1) is 6.61 Å². The molecule has 0 aliphatic carbocycles. The number of ether oxygens (including phenoxy) is 2. The average Bonchev–Trinajstić information content (AvgIpc) is 3.16. The summed E-state index contributed by atoms with van der Waals surface area (Å²) in [5.41, 5.74) is 6.64. The zero-order valence-corrected chi connectivity index (χ0v) is 20.3. The molecular formula is C25H30BrN3O4. The molecule has 0 bridgehead atoms. The van der Waals surface area contributed by atoms with Crippen molar-refractivity contribution in [3.05, 3.63) is 76.8 Å². The van der Waals surface area contributed by atoms with Gasteiger partial charge in [0, 0.05) is 36.0 Å². The van der Waals surface area contributed by atoms with Crippen LogP contribution in [0.2, 0.25) is 0 Å². The molecule has 176 valence electrons. The predicted molar refractivity (Wildman–Crippen MR) is 132 cm³/mol. The van der Waals surface area contributed by atoms with Gasteiger partial charge in [-0.15, -0.1) is 6.58 Å². The zero-order valence-electron chi connectivity index (χ0n) is 18.7. The van der Waals surface area contributed by atoms with Gasteiger partial charge in [0.25, 0.3) is 5.91 Å². The Kier molecular flexibility index (Phi) is 9.05. The maximum Gasteiger partial charge on any atom is 0.266 e. The summed E-state index contributed by atoms with van der Waals surface area (Å²) >= 11 is 3.43. The van der Waals surface area contributed by atoms with Gasteiger partial charge >= 0.3 is 0 Å². The van der Waals surface area contributed by atoms with Crippen molar-refractivity contribution in [2.24, 2.45) is 4.99 Å². The number of rotatable bonds is 12. The fourth-order valence-electron chi connectivity index (χ4n) is 3.51. The molecule has 0 radical (unpaired) electrons. The summed E-state index contributed by atoms with van der Waals surface area (Å²) in [7, 11) is 0. The first-order valence-corrected chi connectivity index (χ1v) is 11.8. The van der Waals surface area contributed by atoms with Crippen LogP contribution >= 0.6 is 15.9 Å². The molecule has 3 rings (SSSR count). The number of aliphatic hydroxyl groups excluding tert-OH is 1. The van der Waals surface area contributed by atoms with E-state index in [9.17, 15) is 4.79 Å². The number of nitrogens with one attached hydrogen (secondary N) is 2. The number of carbonyl (C=O) groups is 1. The van der Waals surface area contributed by atoms with E-state index in [1.807, 2.05) is 55.5 Å². The van der Waals surface area contributed by atoms with E-state index in [-0.39, 0.29) is 12.5 Å². The number of halogens is 1. The average molecular weight is 516 g/mol. The third-order valence-corrected chi connectivity index (χ3v) is 5.97. The van der Waals surface area contributed by atoms with E-state index >= 15 is 0 Å². The standard InChI is InChI=1S/C25H30BrN3O4/c1-3-14-25(24(31)29-27-15-13-19-5-9-21(26)10-6-19)18(2)33-23(28-25)20-7-11-22(12-8-20)32-17-4-16-30/h3,5-12,18,27,30H,1,4,13-17H2,2H3,(H,29,31)/t18-,25-/m0/s1. The second-order valence-corrected chi connectivity index (χ2v) is 8.72. The Balaban J connectivity index is 1.63. The zero-order chi connectivity index (χ0) is 23.7. The molecule has 0 fully saturated rings. The molecular weight excluding hydrogens is 486 g/mol. The van der Waals surface area contributed by atoms with Gasteiger partial charge in [0.15, 0.2) is 5.54 Å². The van der Waals surface area contributed by atoms with E-state index in [4.69, 9.17) is 19.6 Å². The van der Waals surface area contributed by atoms with E-state index in [0.717, 1.165) is 16.5 Å². The molecule has 0 aromatic heterocycles. The lowest BCUT2D eigenvalue weighted by atomic mass is 9.90. The number of hydrogen-bond acceptors (Lipinski definition) is 6. The van der Waals surface area contributed by atoms with E-state index in [0.29, 0.717) is 37.6 Å². The molecule has 1 heterocycles. The van der Waals surface area contributed by atoms with Crippen molar-refractivity contribution in [2.75, 3.05) is 19.8 Å². The van der Waals surface area contributed by atoms with Gasteiger partial charge in [-0.05, 0) is 55.3 Å². The molecule has 1 aliphatic heterocycles. The number of nitrogens with zero attached hydrogens (tertiary/aromatic N) is 1. The van der Waals surface area contributed by atoms with Gasteiger partial charge in [-0.25, -0.2) is 10.4 Å². The molecule has 1 amide bonds. The van der Waals surface area contributed by atoms with Crippen LogP contribution in [0.15, 0.2) is 70.7 Å². The van der Waals surface area contributed by atoms with Gasteiger partial charge in [0.1, 0.15) is 11.9 Å². The first kappa shape index (κ1) is 25.0. The number of hydrogen-bond donors (Lipinski definition) is 3. The molecule has 0 spiro atoms. The third-order valence-electron chi connectivity index (χ3n) is 5.44. The van der Waals surface area contributed by atoms with E-state index in [1.165, 1.54) is 5.56 Å². The molecule has 2 atom stereocenters. The first-order chi connectivity index (χ1) is 16.0. The van der Waals surface area contributed by atoms with Crippen LogP contribution in [0.4, 0.5) is 0 Å². The number of carbonyl (C=O) groups excluding carboxylic acids is 1. The monoisotopic (exact) mass is 515 g/mol. The predicted octanol–water partition coefficient (Wildman–Crippen LogP) is 3.55. The molecule has 3 N–H and O–H groups in total. The molecule has 7 nitrogen and oxygen atoms in total. The largest absolute Gasteiger partial charge is 0.494 e. The summed E-state index contributed by atoms with van der Waals surface area (Å²) in [6.45, 7) is 6.77. The smallest absolute Gasteiger partial charge is 0.266 e. The van der Waals surface area contributed by atoms with Crippen LogP contribution in [0.25, 0.3) is 0 Å². The van der Waals surface area contributed by atoms with Crippen molar-refractivity contribution in [3.63, 3.8) is 0 Å². The van der Waals surface area contributed by atoms with Crippen molar-refractivity contribution >= 4 is 27.7 Å². The van der Waals surface area contributed by atoms with E-state index < -0.39 is 11.6 Å². The molecule has 2 aromatic carbocycles. The lowest BCUT2D eigenvalue weighted by Gasteiger charge is -2.26. The highest BCUT2D eigenvalue weighted by molar-refractivity contribution is 9.10. The highest BCUT2D eigenvalue weighted by Crippen LogP contribution is 2.32. The van der Waals surface area contributed by atoms with Crippen molar-refractivity contribution in [1.29, 1.82) is 0 Å². The topological polar surface area (TPSA) is 92.2 Å². The lowest BCUT2D eigenvalue weighted by Crippen LogP contribution is -2.54. The molecule has 0 saturated heterocycles. The van der Waals surface area contributed by atoms with Gasteiger partial charge in [-0.1, -0.05) is 34.1 Å². The van der Waals surface area contributed by atoms with Gasteiger partial charge in [0.2, 0.25) is 5.90 Å². The Labute approximate surface area is 203 Å². The minimum Gasteiger partial charge on any atom is -0.494 e. The number of aliphatic hydroxyl groups is 1. The highest BCUT2D eigenvalue weighted by atomic mass is 79.9. The van der Waals surface area contributed by atoms with Crippen molar-refractivity contribution in [3.8, 4) is 5.75 Å². The second kappa shape index (κ2) is 12.0. The van der Waals surface area contributed by atoms with E-state index in [1.54, 1.807) is 6.08 Å². The number of aliphatic imine (C=N–C) groups is 1. The highest BCUT2D eigenvalue weighted by Gasteiger charge is 2.49. The van der Waals surface area contributed by atoms with Crippen LogP contribution in [0.1, 0.15) is 30.9 Å². The maximum absolute atomic E-state index is 13.1. The molecule has 1 aliphatic rings. The summed E-state index contributed by atoms with van der Waals surface area (Å²) in [6.07, 6.45) is 2.92. The minimum atomic E-state index is -1.10. The normalized spacial score (nSPS) is 19.5. The number of benzene rings is 2. The summed E-state index contributed by atoms with van der Waals surface area (Å²) in [6, 6.07) is 15.4. The van der Waals surface area contributed by atoms with Crippen molar-refractivity contribution in [1.82, 2.24) is 10.9 Å². The Bertz CT molecular complexity index is 963. The third kappa shape index (κ3) is 6.43. The summed E-state index contributed by atoms with van der Waals surface area (Å²) in [4.78, 5) is 17.9. The minimum absolute atomic E-state index is 0.0904. The van der Waals surface area contributed by atoms with Crippen molar-refractivity contribution in [2.45, 2.75) is 37.8 Å². The van der Waals surface area contributed by atoms with Crippen LogP contribution in [0.3, 0.4) is 0 Å². The molecule has 0 unspecified atom stereocenters. The Hall–Kier alpha value is -2.68. The van der Waals surface area contributed by atoms with Crippen LogP contribution in [0.5, 0.6) is 5.75 Å². The summed E-state index contributed by atoms with van der Waals surface area (Å²) in [5.74, 6) is 0.852. The van der Waals surface area contributed by atoms with Crippen molar-refractivity contribution < 1.29 is 19.4 Å². The first-order valence-electron chi connectivity index (χ1n) is 11.0.